The molecule has 1 heterocycles. The van der Waals surface area contributed by atoms with Crippen molar-refractivity contribution in [2.24, 2.45) is 10.2 Å². The second-order valence-corrected chi connectivity index (χ2v) is 6.56. The fourth-order valence-corrected chi connectivity index (χ4v) is 3.33. The van der Waals surface area contributed by atoms with Gasteiger partial charge in [-0.05, 0) is 41.4 Å². The number of rotatable bonds is 4. The number of hydrogen-bond donors (Lipinski definition) is 0. The summed E-state index contributed by atoms with van der Waals surface area (Å²) < 4.78 is 0. The molecular formula is C22H21N3. The maximum absolute atomic E-state index is 4.69. The molecule has 3 aromatic carbocycles. The van der Waals surface area contributed by atoms with E-state index < -0.39 is 0 Å². The van der Waals surface area contributed by atoms with Crippen molar-refractivity contribution in [2.45, 2.75) is 19.1 Å². The third-order valence-electron chi connectivity index (χ3n) is 4.59. The fraction of sp³-hybridized carbons (Fsp3) is 0.182. The van der Waals surface area contributed by atoms with Crippen LogP contribution in [0.4, 0.5) is 5.69 Å². The zero-order valence-corrected chi connectivity index (χ0v) is 14.3. The van der Waals surface area contributed by atoms with Crippen LogP contribution in [-0.4, -0.2) is 11.9 Å². The van der Waals surface area contributed by atoms with Crippen LogP contribution in [-0.2, 0) is 13.1 Å². The Morgan fingerprint density at radius 2 is 1.36 bits per heavy atom. The van der Waals surface area contributed by atoms with Crippen LogP contribution in [0.15, 0.2) is 89.1 Å². The Balaban J connectivity index is 1.65. The third-order valence-corrected chi connectivity index (χ3v) is 4.59. The minimum absolute atomic E-state index is 0.0849. The van der Waals surface area contributed by atoms with Gasteiger partial charge in [-0.3, -0.25) is 4.90 Å². The molecule has 0 N–H and O–H groups in total. The molecule has 0 atom stereocenters. The van der Waals surface area contributed by atoms with E-state index in [0.717, 1.165) is 29.9 Å². The largest absolute Gasteiger partial charge is 0.298 e. The molecule has 1 aliphatic heterocycles. The van der Waals surface area contributed by atoms with Gasteiger partial charge in [-0.2, -0.15) is 10.2 Å². The van der Waals surface area contributed by atoms with Crippen LogP contribution >= 0.6 is 0 Å². The highest BCUT2D eigenvalue weighted by Crippen LogP contribution is 2.30. The van der Waals surface area contributed by atoms with E-state index in [-0.39, 0.29) is 6.04 Å². The summed E-state index contributed by atoms with van der Waals surface area (Å²) in [5.41, 5.74) is 5.97. The SMILES string of the molecule is CN1Cc2ccc(N=NC(c3ccccc3)c3ccccc3)cc2C1. The zero-order valence-electron chi connectivity index (χ0n) is 14.3. The molecule has 0 unspecified atom stereocenters. The van der Waals surface area contributed by atoms with Crippen molar-refractivity contribution in [3.8, 4) is 0 Å². The lowest BCUT2D eigenvalue weighted by molar-refractivity contribution is 0.353. The molecular weight excluding hydrogens is 306 g/mol. The van der Waals surface area contributed by atoms with Gasteiger partial charge in [0.2, 0.25) is 0 Å². The van der Waals surface area contributed by atoms with E-state index in [0.29, 0.717) is 0 Å². The van der Waals surface area contributed by atoms with Gasteiger partial charge in [-0.15, -0.1) is 0 Å². The molecule has 3 nitrogen and oxygen atoms in total. The molecule has 0 saturated carbocycles. The molecule has 124 valence electrons. The van der Waals surface area contributed by atoms with Crippen LogP contribution in [0, 0.1) is 0 Å². The van der Waals surface area contributed by atoms with Crippen LogP contribution in [0.25, 0.3) is 0 Å². The quantitative estimate of drug-likeness (QED) is 0.581. The Hall–Kier alpha value is -2.78. The normalized spacial score (nSPS) is 14.3. The van der Waals surface area contributed by atoms with Crippen molar-refractivity contribution >= 4 is 5.69 Å². The molecule has 0 radical (unpaired) electrons. The van der Waals surface area contributed by atoms with Crippen molar-refractivity contribution in [1.82, 2.24) is 4.90 Å². The predicted octanol–water partition coefficient (Wildman–Crippen LogP) is 5.51. The van der Waals surface area contributed by atoms with Crippen LogP contribution in [0.3, 0.4) is 0 Å². The number of azo groups is 1. The van der Waals surface area contributed by atoms with E-state index in [2.05, 4.69) is 59.5 Å². The second-order valence-electron chi connectivity index (χ2n) is 6.56. The average Bonchev–Trinajstić information content (AvgIpc) is 3.03. The summed E-state index contributed by atoms with van der Waals surface area (Å²) in [6.07, 6.45) is 0. The zero-order chi connectivity index (χ0) is 17.1. The van der Waals surface area contributed by atoms with Crippen molar-refractivity contribution in [3.63, 3.8) is 0 Å². The lowest BCUT2D eigenvalue weighted by Gasteiger charge is -2.12. The van der Waals surface area contributed by atoms with Gasteiger partial charge < -0.3 is 0 Å². The summed E-state index contributed by atoms with van der Waals surface area (Å²) in [6.45, 7) is 2.00. The molecule has 0 fully saturated rings. The highest BCUT2D eigenvalue weighted by Gasteiger charge is 2.16. The van der Waals surface area contributed by atoms with Gasteiger partial charge in [-0.1, -0.05) is 66.7 Å². The van der Waals surface area contributed by atoms with Crippen molar-refractivity contribution in [2.75, 3.05) is 7.05 Å². The molecule has 4 rings (SSSR count). The number of benzene rings is 3. The summed E-state index contributed by atoms with van der Waals surface area (Å²) in [7, 11) is 2.14. The molecule has 0 aromatic heterocycles. The van der Waals surface area contributed by atoms with Crippen LogP contribution in [0.2, 0.25) is 0 Å². The maximum Gasteiger partial charge on any atom is 0.121 e. The third kappa shape index (κ3) is 3.52. The highest BCUT2D eigenvalue weighted by atomic mass is 15.1. The lowest BCUT2D eigenvalue weighted by Crippen LogP contribution is -2.07. The first-order chi connectivity index (χ1) is 12.3. The molecule has 3 aromatic rings. The van der Waals surface area contributed by atoms with Gasteiger partial charge in [0.25, 0.3) is 0 Å². The summed E-state index contributed by atoms with van der Waals surface area (Å²) in [6, 6.07) is 27.0. The number of nitrogens with zero attached hydrogens (tertiary/aromatic N) is 3. The van der Waals surface area contributed by atoms with Gasteiger partial charge >= 0.3 is 0 Å². The molecule has 0 saturated heterocycles. The predicted molar refractivity (Wildman–Crippen MR) is 101 cm³/mol. The van der Waals surface area contributed by atoms with E-state index in [4.69, 9.17) is 5.11 Å². The smallest absolute Gasteiger partial charge is 0.121 e. The average molecular weight is 327 g/mol. The first-order valence-electron chi connectivity index (χ1n) is 8.61. The monoisotopic (exact) mass is 327 g/mol. The van der Waals surface area contributed by atoms with Crippen molar-refractivity contribution in [3.05, 3.63) is 101 Å². The fourth-order valence-electron chi connectivity index (χ4n) is 3.33. The minimum atomic E-state index is -0.0849. The Bertz CT molecular complexity index is 833. The summed E-state index contributed by atoms with van der Waals surface area (Å²) in [4.78, 5) is 2.31. The van der Waals surface area contributed by atoms with Crippen LogP contribution in [0.1, 0.15) is 28.3 Å². The van der Waals surface area contributed by atoms with Crippen LogP contribution < -0.4 is 0 Å². The van der Waals surface area contributed by atoms with E-state index in [1.54, 1.807) is 0 Å². The maximum atomic E-state index is 4.69. The summed E-state index contributed by atoms with van der Waals surface area (Å²) in [5, 5.41) is 9.26. The highest BCUT2D eigenvalue weighted by molar-refractivity contribution is 5.45. The first-order valence-corrected chi connectivity index (χ1v) is 8.61. The Morgan fingerprint density at radius 1 is 0.760 bits per heavy atom. The first kappa shape index (κ1) is 15.7. The molecule has 0 spiro atoms. The van der Waals surface area contributed by atoms with E-state index in [1.807, 2.05) is 36.4 Å². The molecule has 25 heavy (non-hydrogen) atoms. The van der Waals surface area contributed by atoms with Gasteiger partial charge in [0.1, 0.15) is 6.04 Å². The molecule has 0 bridgehead atoms. The second kappa shape index (κ2) is 6.99. The molecule has 3 heteroatoms. The topological polar surface area (TPSA) is 28.0 Å². The Morgan fingerprint density at radius 3 is 2.00 bits per heavy atom. The van der Waals surface area contributed by atoms with Crippen LogP contribution in [0.5, 0.6) is 0 Å². The standard InChI is InChI=1S/C22H21N3/c1-25-15-19-12-13-21(14-20(19)16-25)23-24-22(17-8-4-2-5-9-17)18-10-6-3-7-11-18/h2-14,22H,15-16H2,1H3. The van der Waals surface area contributed by atoms with Gasteiger partial charge in [0.05, 0.1) is 5.69 Å². The van der Waals surface area contributed by atoms with E-state index >= 15 is 0 Å². The lowest BCUT2D eigenvalue weighted by atomic mass is 10.00. The molecule has 0 amide bonds. The van der Waals surface area contributed by atoms with Crippen molar-refractivity contribution in [1.29, 1.82) is 0 Å². The minimum Gasteiger partial charge on any atom is -0.298 e. The Kier molecular flexibility index (Phi) is 4.40. The van der Waals surface area contributed by atoms with Gasteiger partial charge in [0.15, 0.2) is 0 Å². The molecule has 1 aliphatic rings. The van der Waals surface area contributed by atoms with E-state index in [9.17, 15) is 0 Å². The van der Waals surface area contributed by atoms with Gasteiger partial charge in [0, 0.05) is 13.1 Å². The molecule has 0 aliphatic carbocycles. The Labute approximate surface area is 148 Å². The number of fused-ring (bicyclic) bond motifs is 1. The number of hydrogen-bond acceptors (Lipinski definition) is 3. The van der Waals surface area contributed by atoms with Crippen molar-refractivity contribution < 1.29 is 0 Å². The van der Waals surface area contributed by atoms with Gasteiger partial charge in [-0.25, -0.2) is 0 Å². The summed E-state index contributed by atoms with van der Waals surface area (Å²) in [5.74, 6) is 0. The summed E-state index contributed by atoms with van der Waals surface area (Å²) >= 11 is 0. The van der Waals surface area contributed by atoms with E-state index in [1.165, 1.54) is 11.1 Å².